The Morgan fingerprint density at radius 2 is 2.00 bits per heavy atom. The van der Waals surface area contributed by atoms with E-state index in [1.54, 1.807) is 6.07 Å². The van der Waals surface area contributed by atoms with Crippen LogP contribution in [0.5, 0.6) is 5.75 Å². The molecule has 0 aliphatic heterocycles. The first kappa shape index (κ1) is 13.6. The van der Waals surface area contributed by atoms with Crippen molar-refractivity contribution in [3.8, 4) is 5.75 Å². The lowest BCUT2D eigenvalue weighted by atomic mass is 9.96. The number of hydrogen-bond acceptors (Lipinski definition) is 3. The maximum atomic E-state index is 11.6. The molecule has 3 heteroatoms. The zero-order chi connectivity index (χ0) is 13.0. The van der Waals surface area contributed by atoms with Crippen molar-refractivity contribution in [2.75, 3.05) is 19.0 Å². The molecule has 3 nitrogen and oxygen atoms in total. The first-order valence-corrected chi connectivity index (χ1v) is 6.02. The van der Waals surface area contributed by atoms with E-state index in [2.05, 4.69) is 6.92 Å². The molecule has 1 aromatic carbocycles. The molecule has 0 aromatic heterocycles. The molecule has 1 N–H and O–H groups in total. The number of nitrogens with zero attached hydrogens (tertiary/aromatic N) is 1. The topological polar surface area (TPSA) is 40.5 Å². The van der Waals surface area contributed by atoms with E-state index in [9.17, 15) is 9.90 Å². The maximum Gasteiger partial charge on any atom is 0.163 e. The van der Waals surface area contributed by atoms with Gasteiger partial charge in [0.1, 0.15) is 5.75 Å². The minimum Gasteiger partial charge on any atom is -0.507 e. The predicted octanol–water partition coefficient (Wildman–Crippen LogP) is 3.00. The average molecular weight is 235 g/mol. The van der Waals surface area contributed by atoms with E-state index in [-0.39, 0.29) is 11.5 Å². The number of Topliss-reactive ketones (excluding diaryl/α,β-unsaturated/α-hetero) is 1. The minimum atomic E-state index is -0.0719. The second-order valence-corrected chi connectivity index (χ2v) is 4.51. The molecule has 0 amide bonds. The van der Waals surface area contributed by atoms with E-state index in [0.717, 1.165) is 30.5 Å². The largest absolute Gasteiger partial charge is 0.507 e. The third kappa shape index (κ3) is 2.99. The van der Waals surface area contributed by atoms with Crippen molar-refractivity contribution in [2.45, 2.75) is 33.1 Å². The normalized spacial score (nSPS) is 10.4. The van der Waals surface area contributed by atoms with E-state index < -0.39 is 0 Å². The summed E-state index contributed by atoms with van der Waals surface area (Å²) in [5, 5.41) is 9.83. The van der Waals surface area contributed by atoms with Crippen LogP contribution in [0.25, 0.3) is 0 Å². The van der Waals surface area contributed by atoms with Crippen molar-refractivity contribution < 1.29 is 9.90 Å². The van der Waals surface area contributed by atoms with Gasteiger partial charge in [-0.2, -0.15) is 0 Å². The van der Waals surface area contributed by atoms with Crippen molar-refractivity contribution in [3.05, 3.63) is 23.3 Å². The number of carbonyl (C=O) groups is 1. The second-order valence-electron chi connectivity index (χ2n) is 4.51. The molecule has 0 fully saturated rings. The minimum absolute atomic E-state index is 0.0719. The number of anilines is 1. The molecule has 0 spiro atoms. The summed E-state index contributed by atoms with van der Waals surface area (Å²) in [6.07, 6.45) is 2.91. The molecule has 0 aliphatic carbocycles. The molecule has 0 saturated carbocycles. The van der Waals surface area contributed by atoms with E-state index in [0.29, 0.717) is 5.56 Å². The van der Waals surface area contributed by atoms with Gasteiger partial charge in [0, 0.05) is 19.8 Å². The second kappa shape index (κ2) is 5.71. The third-order valence-corrected chi connectivity index (χ3v) is 2.88. The van der Waals surface area contributed by atoms with Gasteiger partial charge in [0.05, 0.1) is 5.56 Å². The summed E-state index contributed by atoms with van der Waals surface area (Å²) in [6.45, 7) is 3.62. The Morgan fingerprint density at radius 1 is 1.35 bits per heavy atom. The van der Waals surface area contributed by atoms with E-state index >= 15 is 0 Å². The number of rotatable bonds is 5. The number of aromatic hydroxyl groups is 1. The standard InChI is InChI=1S/C14H21NO2/c1-5-6-7-11-12(15(3)4)8-9-13(17)14(11)10(2)16/h8-9,17H,5-7H2,1-4H3. The van der Waals surface area contributed by atoms with Gasteiger partial charge in [-0.05, 0) is 37.5 Å². The summed E-state index contributed by atoms with van der Waals surface area (Å²) in [5.41, 5.74) is 2.45. The first-order valence-electron chi connectivity index (χ1n) is 6.02. The number of ketones is 1. The summed E-state index contributed by atoms with van der Waals surface area (Å²) < 4.78 is 0. The number of hydrogen-bond donors (Lipinski definition) is 1. The van der Waals surface area contributed by atoms with Gasteiger partial charge in [-0.1, -0.05) is 13.3 Å². The van der Waals surface area contributed by atoms with Crippen LogP contribution in [0.1, 0.15) is 42.6 Å². The van der Waals surface area contributed by atoms with Crippen LogP contribution in [0.3, 0.4) is 0 Å². The Hall–Kier alpha value is -1.51. The van der Waals surface area contributed by atoms with Gasteiger partial charge in [-0.25, -0.2) is 0 Å². The Morgan fingerprint density at radius 3 is 2.47 bits per heavy atom. The Bertz CT molecular complexity index is 411. The quantitative estimate of drug-likeness (QED) is 0.797. The van der Waals surface area contributed by atoms with Crippen LogP contribution in [-0.2, 0) is 6.42 Å². The molecule has 94 valence electrons. The summed E-state index contributed by atoms with van der Waals surface area (Å²) in [6, 6.07) is 3.47. The van der Waals surface area contributed by atoms with E-state index in [4.69, 9.17) is 0 Å². The van der Waals surface area contributed by atoms with Gasteiger partial charge in [-0.15, -0.1) is 0 Å². The number of phenolic OH excluding ortho intramolecular Hbond substituents is 1. The van der Waals surface area contributed by atoms with Crippen molar-refractivity contribution in [1.82, 2.24) is 0 Å². The van der Waals surface area contributed by atoms with Crippen LogP contribution in [0, 0.1) is 0 Å². The zero-order valence-corrected chi connectivity index (χ0v) is 11.1. The predicted molar refractivity (Wildman–Crippen MR) is 71.1 cm³/mol. The zero-order valence-electron chi connectivity index (χ0n) is 11.1. The summed E-state index contributed by atoms with van der Waals surface area (Å²) in [5.74, 6) is 0.0199. The van der Waals surface area contributed by atoms with Gasteiger partial charge in [-0.3, -0.25) is 4.79 Å². The molecule has 0 heterocycles. The van der Waals surface area contributed by atoms with Gasteiger partial charge in [0.25, 0.3) is 0 Å². The molecule has 0 aliphatic rings. The summed E-state index contributed by atoms with van der Waals surface area (Å²) in [7, 11) is 3.90. The molecule has 0 bridgehead atoms. The Kier molecular flexibility index (Phi) is 4.55. The number of carbonyl (C=O) groups excluding carboxylic acids is 1. The molecule has 1 rings (SSSR count). The molecule has 0 saturated heterocycles. The van der Waals surface area contributed by atoms with Gasteiger partial charge in [0.2, 0.25) is 0 Å². The molecule has 0 unspecified atom stereocenters. The Balaban J connectivity index is 3.33. The summed E-state index contributed by atoms with van der Waals surface area (Å²) >= 11 is 0. The van der Waals surface area contributed by atoms with Gasteiger partial charge in [0.15, 0.2) is 5.78 Å². The molecule has 1 aromatic rings. The first-order chi connectivity index (χ1) is 7.99. The van der Waals surface area contributed by atoms with E-state index in [1.165, 1.54) is 6.92 Å². The highest BCUT2D eigenvalue weighted by molar-refractivity contribution is 5.99. The molecular weight excluding hydrogens is 214 g/mol. The lowest BCUT2D eigenvalue weighted by Gasteiger charge is -2.20. The van der Waals surface area contributed by atoms with Crippen molar-refractivity contribution in [3.63, 3.8) is 0 Å². The van der Waals surface area contributed by atoms with Crippen molar-refractivity contribution in [1.29, 1.82) is 0 Å². The SMILES string of the molecule is CCCCc1c(N(C)C)ccc(O)c1C(C)=O. The van der Waals surface area contributed by atoms with Crippen LogP contribution in [0.4, 0.5) is 5.69 Å². The highest BCUT2D eigenvalue weighted by Crippen LogP contribution is 2.31. The fraction of sp³-hybridized carbons (Fsp3) is 0.500. The highest BCUT2D eigenvalue weighted by Gasteiger charge is 2.17. The van der Waals surface area contributed by atoms with E-state index in [1.807, 2.05) is 25.1 Å². The van der Waals surface area contributed by atoms with Crippen LogP contribution in [0.2, 0.25) is 0 Å². The maximum absolute atomic E-state index is 11.6. The molecular formula is C14H21NO2. The molecule has 17 heavy (non-hydrogen) atoms. The fourth-order valence-electron chi connectivity index (χ4n) is 2.04. The average Bonchev–Trinajstić information content (AvgIpc) is 2.25. The van der Waals surface area contributed by atoms with Gasteiger partial charge >= 0.3 is 0 Å². The van der Waals surface area contributed by atoms with Crippen molar-refractivity contribution >= 4 is 11.5 Å². The summed E-state index contributed by atoms with van der Waals surface area (Å²) in [4.78, 5) is 13.6. The monoisotopic (exact) mass is 235 g/mol. The third-order valence-electron chi connectivity index (χ3n) is 2.88. The van der Waals surface area contributed by atoms with Crippen LogP contribution < -0.4 is 4.90 Å². The lowest BCUT2D eigenvalue weighted by molar-refractivity contribution is 0.101. The number of phenols is 1. The highest BCUT2D eigenvalue weighted by atomic mass is 16.3. The number of benzene rings is 1. The Labute approximate surface area is 103 Å². The fourth-order valence-corrected chi connectivity index (χ4v) is 2.04. The lowest BCUT2D eigenvalue weighted by Crippen LogP contribution is -2.14. The molecule has 0 radical (unpaired) electrons. The number of unbranched alkanes of at least 4 members (excludes halogenated alkanes) is 1. The van der Waals surface area contributed by atoms with Crippen LogP contribution in [-0.4, -0.2) is 25.0 Å². The van der Waals surface area contributed by atoms with Gasteiger partial charge < -0.3 is 10.0 Å². The van der Waals surface area contributed by atoms with Crippen molar-refractivity contribution in [2.24, 2.45) is 0 Å². The van der Waals surface area contributed by atoms with Crippen LogP contribution in [0.15, 0.2) is 12.1 Å². The smallest absolute Gasteiger partial charge is 0.163 e. The van der Waals surface area contributed by atoms with Crippen LogP contribution >= 0.6 is 0 Å². The molecule has 0 atom stereocenters.